The Morgan fingerprint density at radius 3 is 2.75 bits per heavy atom. The van der Waals surface area contributed by atoms with Crippen molar-refractivity contribution in [1.82, 2.24) is 20.4 Å². The monoisotopic (exact) mass is 384 g/mol. The van der Waals surface area contributed by atoms with Crippen LogP contribution in [0.2, 0.25) is 0 Å². The van der Waals surface area contributed by atoms with Gasteiger partial charge >= 0.3 is 0 Å². The molecule has 0 unspecified atom stereocenters. The van der Waals surface area contributed by atoms with Crippen molar-refractivity contribution in [1.29, 1.82) is 0 Å². The normalized spacial score (nSPS) is 14.9. The molecule has 0 saturated heterocycles. The topological polar surface area (TPSA) is 71.3 Å². The van der Waals surface area contributed by atoms with Gasteiger partial charge in [-0.15, -0.1) is 0 Å². The number of aryl methyl sites for hydroxylation is 1. The van der Waals surface area contributed by atoms with Crippen molar-refractivity contribution in [2.75, 3.05) is 13.1 Å². The first-order valence-electron chi connectivity index (χ1n) is 10.3. The van der Waals surface area contributed by atoms with Crippen molar-refractivity contribution in [2.24, 2.45) is 0 Å². The molecule has 1 N–H and O–H groups in total. The van der Waals surface area contributed by atoms with Gasteiger partial charge in [-0.25, -0.2) is 0 Å². The lowest BCUT2D eigenvalue weighted by Gasteiger charge is -2.41. The van der Waals surface area contributed by atoms with Gasteiger partial charge in [0.05, 0.1) is 0 Å². The quantitative estimate of drug-likeness (QED) is 0.755. The smallest absolute Gasteiger partial charge is 0.226 e. The number of rotatable bonds is 8. The Morgan fingerprint density at radius 2 is 2.04 bits per heavy atom. The Balaban J connectivity index is 1.42. The number of carbonyl (C=O) groups is 1. The molecule has 152 valence electrons. The van der Waals surface area contributed by atoms with Crippen LogP contribution >= 0.6 is 0 Å². The van der Waals surface area contributed by atoms with Gasteiger partial charge in [0.1, 0.15) is 0 Å². The summed E-state index contributed by atoms with van der Waals surface area (Å²) < 4.78 is 5.23. The van der Waals surface area contributed by atoms with Gasteiger partial charge < -0.3 is 9.84 Å². The van der Waals surface area contributed by atoms with E-state index in [1.54, 1.807) is 0 Å². The molecule has 0 aliphatic carbocycles. The summed E-state index contributed by atoms with van der Waals surface area (Å²) in [6.07, 6.45) is 2.89. The predicted octanol–water partition coefficient (Wildman–Crippen LogP) is 3.47. The molecular formula is C22H32N4O2. The first-order chi connectivity index (χ1) is 13.3. The zero-order valence-corrected chi connectivity index (χ0v) is 17.5. The fourth-order valence-electron chi connectivity index (χ4n) is 3.53. The standard InChI is InChI=1S/C22H32N4O2/c1-16(2)21-24-20(28-25-21)11-7-10-19(27)23-15-22(3,4)26-13-12-17-8-5-6-9-18(17)14-26/h5-6,8-9,16H,7,10-15H2,1-4H3,(H,23,27). The Bertz CT molecular complexity index is 797. The van der Waals surface area contributed by atoms with Gasteiger partial charge in [-0.3, -0.25) is 9.69 Å². The molecule has 2 heterocycles. The minimum atomic E-state index is -0.0815. The van der Waals surface area contributed by atoms with E-state index in [0.717, 1.165) is 25.3 Å². The second-order valence-electron chi connectivity index (χ2n) is 8.58. The summed E-state index contributed by atoms with van der Waals surface area (Å²) in [5, 5.41) is 7.06. The fourth-order valence-corrected chi connectivity index (χ4v) is 3.53. The molecule has 1 amide bonds. The summed E-state index contributed by atoms with van der Waals surface area (Å²) in [5.41, 5.74) is 2.76. The molecule has 2 aromatic rings. The number of amides is 1. The van der Waals surface area contributed by atoms with E-state index in [2.05, 4.69) is 58.5 Å². The number of nitrogens with one attached hydrogen (secondary N) is 1. The van der Waals surface area contributed by atoms with Crippen molar-refractivity contribution < 1.29 is 9.32 Å². The minimum Gasteiger partial charge on any atom is -0.354 e. The van der Waals surface area contributed by atoms with Gasteiger partial charge in [-0.2, -0.15) is 4.98 Å². The van der Waals surface area contributed by atoms with Gasteiger partial charge in [0.25, 0.3) is 0 Å². The highest BCUT2D eigenvalue weighted by molar-refractivity contribution is 5.75. The minimum absolute atomic E-state index is 0.0779. The van der Waals surface area contributed by atoms with E-state index >= 15 is 0 Å². The molecule has 1 aliphatic heterocycles. The molecule has 0 spiro atoms. The maximum absolute atomic E-state index is 12.3. The lowest BCUT2D eigenvalue weighted by molar-refractivity contribution is -0.121. The van der Waals surface area contributed by atoms with Crippen molar-refractivity contribution in [3.05, 3.63) is 47.1 Å². The van der Waals surface area contributed by atoms with Crippen LogP contribution in [0.4, 0.5) is 0 Å². The zero-order valence-electron chi connectivity index (χ0n) is 17.5. The highest BCUT2D eigenvalue weighted by Gasteiger charge is 2.30. The number of benzene rings is 1. The van der Waals surface area contributed by atoms with E-state index in [4.69, 9.17) is 4.52 Å². The van der Waals surface area contributed by atoms with Crippen LogP contribution in [-0.2, 0) is 24.2 Å². The summed E-state index contributed by atoms with van der Waals surface area (Å²) in [5.74, 6) is 1.67. The number of aromatic nitrogens is 2. The average Bonchev–Trinajstić information content (AvgIpc) is 3.15. The van der Waals surface area contributed by atoms with Gasteiger partial charge in [0.2, 0.25) is 11.8 Å². The van der Waals surface area contributed by atoms with E-state index in [-0.39, 0.29) is 17.4 Å². The molecule has 6 heteroatoms. The van der Waals surface area contributed by atoms with Crippen LogP contribution in [0.15, 0.2) is 28.8 Å². The van der Waals surface area contributed by atoms with Crippen molar-refractivity contribution in [3.8, 4) is 0 Å². The van der Waals surface area contributed by atoms with Crippen LogP contribution in [-0.4, -0.2) is 39.6 Å². The van der Waals surface area contributed by atoms with Crippen LogP contribution in [0.1, 0.15) is 69.3 Å². The van der Waals surface area contributed by atoms with Crippen LogP contribution < -0.4 is 5.32 Å². The van der Waals surface area contributed by atoms with Crippen LogP contribution in [0, 0.1) is 0 Å². The number of fused-ring (bicyclic) bond motifs is 1. The van der Waals surface area contributed by atoms with E-state index in [9.17, 15) is 4.79 Å². The highest BCUT2D eigenvalue weighted by atomic mass is 16.5. The Hall–Kier alpha value is -2.21. The third-order valence-electron chi connectivity index (χ3n) is 5.50. The van der Waals surface area contributed by atoms with E-state index in [1.807, 2.05) is 13.8 Å². The highest BCUT2D eigenvalue weighted by Crippen LogP contribution is 2.25. The first-order valence-corrected chi connectivity index (χ1v) is 10.3. The van der Waals surface area contributed by atoms with E-state index in [0.29, 0.717) is 31.7 Å². The molecule has 28 heavy (non-hydrogen) atoms. The number of hydrogen-bond donors (Lipinski definition) is 1. The summed E-state index contributed by atoms with van der Waals surface area (Å²) >= 11 is 0. The maximum Gasteiger partial charge on any atom is 0.226 e. The third-order valence-corrected chi connectivity index (χ3v) is 5.50. The van der Waals surface area contributed by atoms with Gasteiger partial charge in [0, 0.05) is 43.9 Å². The second kappa shape index (κ2) is 8.86. The SMILES string of the molecule is CC(C)c1noc(CCCC(=O)NCC(C)(C)N2CCc3ccccc3C2)n1. The lowest BCUT2D eigenvalue weighted by Crippen LogP contribution is -2.53. The third kappa shape index (κ3) is 5.19. The van der Waals surface area contributed by atoms with Crippen LogP contribution in [0.25, 0.3) is 0 Å². The van der Waals surface area contributed by atoms with Crippen molar-refractivity contribution in [2.45, 2.75) is 71.4 Å². The fraction of sp³-hybridized carbons (Fsp3) is 0.591. The predicted molar refractivity (Wildman–Crippen MR) is 109 cm³/mol. The van der Waals surface area contributed by atoms with Crippen molar-refractivity contribution in [3.63, 3.8) is 0 Å². The van der Waals surface area contributed by atoms with Gasteiger partial charge in [0.15, 0.2) is 5.82 Å². The molecule has 1 aromatic carbocycles. The summed E-state index contributed by atoms with van der Waals surface area (Å²) in [6.45, 7) is 11.1. The number of carbonyl (C=O) groups excluding carboxylic acids is 1. The zero-order chi connectivity index (χ0) is 20.1. The number of hydrogen-bond acceptors (Lipinski definition) is 5. The van der Waals surface area contributed by atoms with E-state index < -0.39 is 0 Å². The summed E-state index contributed by atoms with van der Waals surface area (Å²) in [7, 11) is 0. The van der Waals surface area contributed by atoms with Gasteiger partial charge in [-0.05, 0) is 37.8 Å². The molecule has 0 radical (unpaired) electrons. The molecule has 0 bridgehead atoms. The Kier molecular flexibility index (Phi) is 6.50. The lowest BCUT2D eigenvalue weighted by atomic mass is 9.94. The largest absolute Gasteiger partial charge is 0.354 e. The number of nitrogens with zero attached hydrogens (tertiary/aromatic N) is 3. The van der Waals surface area contributed by atoms with Crippen molar-refractivity contribution >= 4 is 5.91 Å². The maximum atomic E-state index is 12.3. The molecular weight excluding hydrogens is 352 g/mol. The Labute approximate surface area is 167 Å². The van der Waals surface area contributed by atoms with E-state index in [1.165, 1.54) is 11.1 Å². The Morgan fingerprint density at radius 1 is 1.29 bits per heavy atom. The second-order valence-corrected chi connectivity index (χ2v) is 8.58. The molecule has 1 aliphatic rings. The average molecular weight is 385 g/mol. The summed E-state index contributed by atoms with van der Waals surface area (Å²) in [4.78, 5) is 19.1. The van der Waals surface area contributed by atoms with Crippen LogP contribution in [0.3, 0.4) is 0 Å². The van der Waals surface area contributed by atoms with Gasteiger partial charge in [-0.1, -0.05) is 43.3 Å². The summed E-state index contributed by atoms with van der Waals surface area (Å²) in [6, 6.07) is 8.63. The molecule has 0 saturated carbocycles. The van der Waals surface area contributed by atoms with Crippen LogP contribution in [0.5, 0.6) is 0 Å². The molecule has 3 rings (SSSR count). The molecule has 1 aromatic heterocycles. The molecule has 0 fully saturated rings. The molecule has 6 nitrogen and oxygen atoms in total. The first kappa shape index (κ1) is 20.5. The molecule has 0 atom stereocenters.